The quantitative estimate of drug-likeness (QED) is 0.892. The van der Waals surface area contributed by atoms with Crippen LogP contribution in [0.3, 0.4) is 0 Å². The van der Waals surface area contributed by atoms with Crippen LogP contribution in [0, 0.1) is 5.82 Å². The third-order valence-electron chi connectivity index (χ3n) is 3.27. The van der Waals surface area contributed by atoms with Gasteiger partial charge in [0.15, 0.2) is 0 Å². The van der Waals surface area contributed by atoms with Gasteiger partial charge < -0.3 is 14.8 Å². The van der Waals surface area contributed by atoms with Crippen LogP contribution in [-0.2, 0) is 17.8 Å². The summed E-state index contributed by atoms with van der Waals surface area (Å²) >= 11 is 0. The van der Waals surface area contributed by atoms with E-state index in [1.807, 2.05) is 0 Å². The van der Waals surface area contributed by atoms with Crippen molar-refractivity contribution in [2.45, 2.75) is 13.0 Å². The maximum Gasteiger partial charge on any atom is 0.224 e. The largest absolute Gasteiger partial charge is 0.497 e. The molecule has 0 heterocycles. The fourth-order valence-corrected chi connectivity index (χ4v) is 2.09. The Morgan fingerprint density at radius 1 is 1.09 bits per heavy atom. The van der Waals surface area contributed by atoms with E-state index < -0.39 is 0 Å². The number of benzene rings is 2. The molecule has 0 saturated heterocycles. The minimum absolute atomic E-state index is 0.134. The predicted molar refractivity (Wildman–Crippen MR) is 81.5 cm³/mol. The Hall–Kier alpha value is -2.56. The fourth-order valence-electron chi connectivity index (χ4n) is 2.09. The average Bonchev–Trinajstić information content (AvgIpc) is 2.54. The first-order valence-electron chi connectivity index (χ1n) is 6.85. The van der Waals surface area contributed by atoms with E-state index in [0.29, 0.717) is 22.6 Å². The summed E-state index contributed by atoms with van der Waals surface area (Å²) < 4.78 is 23.9. The number of carbonyl (C=O) groups excluding carboxylic acids is 1. The summed E-state index contributed by atoms with van der Waals surface area (Å²) in [4.78, 5) is 12.0. The molecular weight excluding hydrogens is 285 g/mol. The Balaban J connectivity index is 2.01. The van der Waals surface area contributed by atoms with Crippen molar-refractivity contribution in [3.63, 3.8) is 0 Å². The highest BCUT2D eigenvalue weighted by atomic mass is 19.1. The molecule has 2 aromatic carbocycles. The van der Waals surface area contributed by atoms with E-state index in [1.165, 1.54) is 6.07 Å². The van der Waals surface area contributed by atoms with Crippen molar-refractivity contribution in [2.24, 2.45) is 0 Å². The van der Waals surface area contributed by atoms with Gasteiger partial charge in [-0.05, 0) is 24.3 Å². The van der Waals surface area contributed by atoms with Gasteiger partial charge in [-0.3, -0.25) is 4.79 Å². The average molecular weight is 303 g/mol. The van der Waals surface area contributed by atoms with Crippen LogP contribution in [0.15, 0.2) is 42.5 Å². The summed E-state index contributed by atoms with van der Waals surface area (Å²) in [7, 11) is 3.10. The third-order valence-corrected chi connectivity index (χ3v) is 3.27. The molecule has 0 aliphatic carbocycles. The summed E-state index contributed by atoms with van der Waals surface area (Å²) in [6.07, 6.45) is 0.134. The lowest BCUT2D eigenvalue weighted by Gasteiger charge is -2.11. The van der Waals surface area contributed by atoms with Crippen molar-refractivity contribution in [3.8, 4) is 11.5 Å². The maximum absolute atomic E-state index is 13.5. The zero-order chi connectivity index (χ0) is 15.9. The SMILES string of the molecule is COc1ccc(OC)c(CC(=O)NCc2ccccc2F)c1. The Morgan fingerprint density at radius 3 is 2.55 bits per heavy atom. The topological polar surface area (TPSA) is 47.6 Å². The lowest BCUT2D eigenvalue weighted by atomic mass is 10.1. The Labute approximate surface area is 128 Å². The molecule has 0 aromatic heterocycles. The summed E-state index contributed by atoms with van der Waals surface area (Å²) in [6.45, 7) is 0.151. The van der Waals surface area contributed by atoms with Gasteiger partial charge in [0, 0.05) is 17.7 Å². The molecule has 0 radical (unpaired) electrons. The number of nitrogens with one attached hydrogen (secondary N) is 1. The zero-order valence-corrected chi connectivity index (χ0v) is 12.6. The van der Waals surface area contributed by atoms with Gasteiger partial charge >= 0.3 is 0 Å². The molecule has 0 atom stereocenters. The number of rotatable bonds is 6. The lowest BCUT2D eigenvalue weighted by Crippen LogP contribution is -2.25. The van der Waals surface area contributed by atoms with E-state index in [9.17, 15) is 9.18 Å². The monoisotopic (exact) mass is 303 g/mol. The Bertz CT molecular complexity index is 658. The van der Waals surface area contributed by atoms with Crippen molar-refractivity contribution in [2.75, 3.05) is 14.2 Å². The van der Waals surface area contributed by atoms with E-state index in [4.69, 9.17) is 9.47 Å². The minimum Gasteiger partial charge on any atom is -0.497 e. The molecule has 0 aliphatic heterocycles. The zero-order valence-electron chi connectivity index (χ0n) is 12.6. The standard InChI is InChI=1S/C17H18FNO3/c1-21-14-7-8-16(22-2)13(9-14)10-17(20)19-11-12-5-3-4-6-15(12)18/h3-9H,10-11H2,1-2H3,(H,19,20). The second-order valence-corrected chi connectivity index (χ2v) is 4.72. The van der Waals surface area contributed by atoms with Crippen LogP contribution in [0.25, 0.3) is 0 Å². The molecule has 0 aliphatic rings. The number of ether oxygens (including phenoxy) is 2. The highest BCUT2D eigenvalue weighted by Gasteiger charge is 2.11. The molecule has 0 fully saturated rings. The van der Waals surface area contributed by atoms with Crippen molar-refractivity contribution >= 4 is 5.91 Å². The lowest BCUT2D eigenvalue weighted by molar-refractivity contribution is -0.120. The van der Waals surface area contributed by atoms with Gasteiger partial charge in [0.05, 0.1) is 20.6 Å². The number of amides is 1. The second kappa shape index (κ2) is 7.45. The first-order chi connectivity index (χ1) is 10.6. The molecule has 5 heteroatoms. The summed E-state index contributed by atoms with van der Waals surface area (Å²) in [5.41, 5.74) is 1.17. The number of methoxy groups -OCH3 is 2. The first-order valence-corrected chi connectivity index (χ1v) is 6.85. The first kappa shape index (κ1) is 15.8. The summed E-state index contributed by atoms with van der Waals surface area (Å²) in [6, 6.07) is 11.6. The Kier molecular flexibility index (Phi) is 5.36. The Morgan fingerprint density at radius 2 is 1.86 bits per heavy atom. The number of hydrogen-bond donors (Lipinski definition) is 1. The summed E-state index contributed by atoms with van der Waals surface area (Å²) in [5.74, 6) is 0.719. The molecule has 4 nitrogen and oxygen atoms in total. The van der Waals surface area contributed by atoms with Crippen molar-refractivity contribution < 1.29 is 18.7 Å². The van der Waals surface area contributed by atoms with Crippen LogP contribution in [-0.4, -0.2) is 20.1 Å². The van der Waals surface area contributed by atoms with Crippen molar-refractivity contribution in [3.05, 3.63) is 59.4 Å². The summed E-state index contributed by atoms with van der Waals surface area (Å²) in [5, 5.41) is 2.70. The highest BCUT2D eigenvalue weighted by molar-refractivity contribution is 5.79. The number of halogens is 1. The maximum atomic E-state index is 13.5. The smallest absolute Gasteiger partial charge is 0.224 e. The van der Waals surface area contributed by atoms with Crippen molar-refractivity contribution in [1.82, 2.24) is 5.32 Å². The van der Waals surface area contributed by atoms with Gasteiger partial charge in [0.25, 0.3) is 0 Å². The van der Waals surface area contributed by atoms with E-state index >= 15 is 0 Å². The van der Waals surface area contributed by atoms with Crippen LogP contribution >= 0.6 is 0 Å². The van der Waals surface area contributed by atoms with Crippen LogP contribution in [0.5, 0.6) is 11.5 Å². The predicted octanol–water partition coefficient (Wildman–Crippen LogP) is 2.70. The molecule has 1 amide bonds. The number of hydrogen-bond acceptors (Lipinski definition) is 3. The molecule has 0 saturated carbocycles. The highest BCUT2D eigenvalue weighted by Crippen LogP contribution is 2.24. The van der Waals surface area contributed by atoms with Gasteiger partial charge in [0.2, 0.25) is 5.91 Å². The van der Waals surface area contributed by atoms with Crippen LogP contribution in [0.1, 0.15) is 11.1 Å². The molecule has 2 aromatic rings. The normalized spacial score (nSPS) is 10.1. The van der Waals surface area contributed by atoms with Gasteiger partial charge in [0.1, 0.15) is 17.3 Å². The van der Waals surface area contributed by atoms with Crippen molar-refractivity contribution in [1.29, 1.82) is 0 Å². The van der Waals surface area contributed by atoms with Gasteiger partial charge in [-0.15, -0.1) is 0 Å². The molecule has 0 spiro atoms. The van der Waals surface area contributed by atoms with Gasteiger partial charge in [-0.25, -0.2) is 4.39 Å². The van der Waals surface area contributed by atoms with E-state index in [2.05, 4.69) is 5.32 Å². The van der Waals surface area contributed by atoms with Gasteiger partial charge in [-0.1, -0.05) is 18.2 Å². The molecule has 22 heavy (non-hydrogen) atoms. The fraction of sp³-hybridized carbons (Fsp3) is 0.235. The minimum atomic E-state index is -0.332. The van der Waals surface area contributed by atoms with E-state index in [1.54, 1.807) is 50.6 Å². The van der Waals surface area contributed by atoms with E-state index in [-0.39, 0.29) is 24.7 Å². The van der Waals surface area contributed by atoms with E-state index in [0.717, 1.165) is 0 Å². The van der Waals surface area contributed by atoms with Gasteiger partial charge in [-0.2, -0.15) is 0 Å². The molecule has 116 valence electrons. The van der Waals surface area contributed by atoms with Crippen LogP contribution < -0.4 is 14.8 Å². The molecule has 2 rings (SSSR count). The number of carbonyl (C=O) groups is 1. The third kappa shape index (κ3) is 3.97. The molecule has 1 N–H and O–H groups in total. The van der Waals surface area contributed by atoms with Crippen LogP contribution in [0.4, 0.5) is 4.39 Å². The van der Waals surface area contributed by atoms with Crippen LogP contribution in [0.2, 0.25) is 0 Å². The molecular formula is C17H18FNO3. The second-order valence-electron chi connectivity index (χ2n) is 4.72. The molecule has 0 bridgehead atoms. The molecule has 0 unspecified atom stereocenters.